The van der Waals surface area contributed by atoms with Crippen molar-refractivity contribution in [2.75, 3.05) is 37.7 Å². The summed E-state index contributed by atoms with van der Waals surface area (Å²) >= 11 is 2.00. The van der Waals surface area contributed by atoms with Crippen LogP contribution in [-0.2, 0) is 11.2 Å². The molecule has 22 heavy (non-hydrogen) atoms. The van der Waals surface area contributed by atoms with Gasteiger partial charge in [-0.15, -0.1) is 24.8 Å². The molecule has 126 valence electrons. The van der Waals surface area contributed by atoms with E-state index >= 15 is 0 Å². The van der Waals surface area contributed by atoms with Crippen LogP contribution in [0.5, 0.6) is 0 Å². The summed E-state index contributed by atoms with van der Waals surface area (Å²) in [6.45, 7) is 3.85. The normalized spacial score (nSPS) is 16.0. The molecule has 1 aliphatic rings. The number of hydrogen-bond donors (Lipinski definition) is 2. The van der Waals surface area contributed by atoms with Gasteiger partial charge in [0.15, 0.2) is 0 Å². The SMILES string of the molecule is Cl.Cl.N[C@@H](Cc1ccccc1)C(=O)NCCN1CCSCC1. The number of nitrogens with two attached hydrogens (primary N) is 1. The number of amides is 1. The maximum atomic E-state index is 11.9. The zero-order valence-electron chi connectivity index (χ0n) is 12.6. The molecule has 0 saturated carbocycles. The predicted octanol–water partition coefficient (Wildman–Crippen LogP) is 1.56. The number of thioether (sulfide) groups is 1. The number of rotatable bonds is 6. The minimum atomic E-state index is -0.464. The Hall–Kier alpha value is -0.460. The Morgan fingerprint density at radius 1 is 1.23 bits per heavy atom. The first-order valence-corrected chi connectivity index (χ1v) is 8.28. The molecule has 0 unspecified atom stereocenters. The van der Waals surface area contributed by atoms with Crippen LogP contribution in [0.4, 0.5) is 0 Å². The van der Waals surface area contributed by atoms with Gasteiger partial charge in [-0.05, 0) is 12.0 Å². The average Bonchev–Trinajstić information content (AvgIpc) is 2.49. The molecule has 0 aliphatic carbocycles. The lowest BCUT2D eigenvalue weighted by Crippen LogP contribution is -2.45. The van der Waals surface area contributed by atoms with Gasteiger partial charge in [0.05, 0.1) is 6.04 Å². The van der Waals surface area contributed by atoms with Crippen molar-refractivity contribution in [3.8, 4) is 0 Å². The third-order valence-electron chi connectivity index (χ3n) is 3.47. The van der Waals surface area contributed by atoms with Gasteiger partial charge in [-0.1, -0.05) is 30.3 Å². The van der Waals surface area contributed by atoms with Crippen molar-refractivity contribution in [1.82, 2.24) is 10.2 Å². The van der Waals surface area contributed by atoms with Gasteiger partial charge in [-0.2, -0.15) is 11.8 Å². The number of nitrogens with zero attached hydrogens (tertiary/aromatic N) is 1. The molecule has 4 nitrogen and oxygen atoms in total. The van der Waals surface area contributed by atoms with Gasteiger partial charge < -0.3 is 11.1 Å². The number of benzene rings is 1. The summed E-state index contributed by atoms with van der Waals surface area (Å²) in [6, 6.07) is 9.43. The van der Waals surface area contributed by atoms with E-state index in [9.17, 15) is 4.79 Å². The molecule has 0 radical (unpaired) electrons. The van der Waals surface area contributed by atoms with E-state index in [0.717, 1.165) is 25.2 Å². The molecule has 7 heteroatoms. The zero-order chi connectivity index (χ0) is 14.2. The fourth-order valence-corrected chi connectivity index (χ4v) is 3.23. The van der Waals surface area contributed by atoms with E-state index in [1.54, 1.807) is 0 Å². The Labute approximate surface area is 149 Å². The summed E-state index contributed by atoms with van der Waals surface area (Å²) in [7, 11) is 0. The van der Waals surface area contributed by atoms with Gasteiger partial charge >= 0.3 is 0 Å². The Bertz CT molecular complexity index is 417. The summed E-state index contributed by atoms with van der Waals surface area (Å²) in [5.74, 6) is 2.34. The van der Waals surface area contributed by atoms with Gasteiger partial charge in [0, 0.05) is 37.7 Å². The monoisotopic (exact) mass is 365 g/mol. The Kier molecular flexibility index (Phi) is 11.8. The zero-order valence-corrected chi connectivity index (χ0v) is 15.0. The molecular formula is C15H25Cl2N3OS. The number of carbonyl (C=O) groups excluding carboxylic acids is 1. The highest BCUT2D eigenvalue weighted by molar-refractivity contribution is 7.99. The van der Waals surface area contributed by atoms with Crippen LogP contribution in [0.25, 0.3) is 0 Å². The standard InChI is InChI=1S/C15H23N3OS.2ClH/c16-14(12-13-4-2-1-3-5-13)15(19)17-6-7-18-8-10-20-11-9-18;;/h1-5,14H,6-12,16H2,(H,17,19);2*1H/t14-;;/m0../s1. The molecule has 1 saturated heterocycles. The van der Waals surface area contributed by atoms with Crippen molar-refractivity contribution >= 4 is 42.5 Å². The minimum Gasteiger partial charge on any atom is -0.353 e. The summed E-state index contributed by atoms with van der Waals surface area (Å²) in [5, 5.41) is 2.94. The van der Waals surface area contributed by atoms with Crippen LogP contribution in [0.15, 0.2) is 30.3 Å². The van der Waals surface area contributed by atoms with Crippen LogP contribution >= 0.6 is 36.6 Å². The second kappa shape index (κ2) is 12.0. The van der Waals surface area contributed by atoms with E-state index in [2.05, 4.69) is 10.2 Å². The van der Waals surface area contributed by atoms with E-state index in [0.29, 0.717) is 13.0 Å². The maximum absolute atomic E-state index is 11.9. The minimum absolute atomic E-state index is 0. The first-order chi connectivity index (χ1) is 9.75. The second-order valence-electron chi connectivity index (χ2n) is 5.04. The Morgan fingerprint density at radius 2 is 1.86 bits per heavy atom. The van der Waals surface area contributed by atoms with Crippen LogP contribution in [0.1, 0.15) is 5.56 Å². The van der Waals surface area contributed by atoms with E-state index in [4.69, 9.17) is 5.73 Å². The van der Waals surface area contributed by atoms with E-state index in [1.165, 1.54) is 11.5 Å². The van der Waals surface area contributed by atoms with E-state index < -0.39 is 6.04 Å². The first-order valence-electron chi connectivity index (χ1n) is 7.13. The lowest BCUT2D eigenvalue weighted by atomic mass is 10.1. The topological polar surface area (TPSA) is 58.4 Å². The lowest BCUT2D eigenvalue weighted by Gasteiger charge is -2.26. The Morgan fingerprint density at radius 3 is 2.50 bits per heavy atom. The smallest absolute Gasteiger partial charge is 0.237 e. The van der Waals surface area contributed by atoms with Crippen molar-refractivity contribution in [3.63, 3.8) is 0 Å². The molecule has 0 spiro atoms. The third-order valence-corrected chi connectivity index (χ3v) is 4.41. The molecular weight excluding hydrogens is 341 g/mol. The van der Waals surface area contributed by atoms with Crippen LogP contribution in [-0.4, -0.2) is 54.5 Å². The average molecular weight is 366 g/mol. The Balaban J connectivity index is 0.00000220. The fourth-order valence-electron chi connectivity index (χ4n) is 2.25. The molecule has 1 aromatic rings. The fraction of sp³-hybridized carbons (Fsp3) is 0.533. The molecule has 1 amide bonds. The summed E-state index contributed by atoms with van der Waals surface area (Å²) < 4.78 is 0. The third kappa shape index (κ3) is 7.70. The first kappa shape index (κ1) is 21.5. The van der Waals surface area contributed by atoms with Gasteiger partial charge in [0.25, 0.3) is 0 Å². The van der Waals surface area contributed by atoms with Crippen molar-refractivity contribution < 1.29 is 4.79 Å². The summed E-state index contributed by atoms with van der Waals surface area (Å²) in [5.41, 5.74) is 7.04. The highest BCUT2D eigenvalue weighted by atomic mass is 35.5. The molecule has 1 atom stereocenters. The van der Waals surface area contributed by atoms with Gasteiger partial charge in [-0.3, -0.25) is 9.69 Å². The summed E-state index contributed by atoms with van der Waals surface area (Å²) in [4.78, 5) is 14.3. The van der Waals surface area contributed by atoms with Crippen LogP contribution < -0.4 is 11.1 Å². The molecule has 1 heterocycles. The maximum Gasteiger partial charge on any atom is 0.237 e. The van der Waals surface area contributed by atoms with Crippen LogP contribution in [0.2, 0.25) is 0 Å². The molecule has 3 N–H and O–H groups in total. The number of carbonyl (C=O) groups is 1. The highest BCUT2D eigenvalue weighted by Gasteiger charge is 2.14. The molecule has 1 aliphatic heterocycles. The molecule has 0 aromatic heterocycles. The van der Waals surface area contributed by atoms with Crippen molar-refractivity contribution in [1.29, 1.82) is 0 Å². The number of hydrogen-bond acceptors (Lipinski definition) is 4. The summed E-state index contributed by atoms with van der Waals surface area (Å²) in [6.07, 6.45) is 0.590. The molecule has 2 rings (SSSR count). The molecule has 1 aromatic carbocycles. The predicted molar refractivity (Wildman–Crippen MR) is 99.4 cm³/mol. The number of nitrogens with one attached hydrogen (secondary N) is 1. The van der Waals surface area contributed by atoms with Crippen molar-refractivity contribution in [2.45, 2.75) is 12.5 Å². The lowest BCUT2D eigenvalue weighted by molar-refractivity contribution is -0.122. The highest BCUT2D eigenvalue weighted by Crippen LogP contribution is 2.08. The largest absolute Gasteiger partial charge is 0.353 e. The van der Waals surface area contributed by atoms with Crippen LogP contribution in [0, 0.1) is 0 Å². The van der Waals surface area contributed by atoms with Gasteiger partial charge in [0.1, 0.15) is 0 Å². The van der Waals surface area contributed by atoms with E-state index in [1.807, 2.05) is 42.1 Å². The quantitative estimate of drug-likeness (QED) is 0.803. The van der Waals surface area contributed by atoms with Crippen molar-refractivity contribution in [3.05, 3.63) is 35.9 Å². The second-order valence-corrected chi connectivity index (χ2v) is 6.27. The molecule has 0 bridgehead atoms. The van der Waals surface area contributed by atoms with Gasteiger partial charge in [-0.25, -0.2) is 0 Å². The number of halogens is 2. The molecule has 1 fully saturated rings. The van der Waals surface area contributed by atoms with Crippen LogP contribution in [0.3, 0.4) is 0 Å². The van der Waals surface area contributed by atoms with E-state index in [-0.39, 0.29) is 30.7 Å². The van der Waals surface area contributed by atoms with Crippen molar-refractivity contribution in [2.24, 2.45) is 5.73 Å². The van der Waals surface area contributed by atoms with Gasteiger partial charge in [0.2, 0.25) is 5.91 Å².